The number of hydrogen-bond donors (Lipinski definition) is 2. The van der Waals surface area contributed by atoms with Crippen molar-refractivity contribution in [2.45, 2.75) is 38.6 Å². The molecule has 0 bridgehead atoms. The van der Waals surface area contributed by atoms with E-state index in [1.807, 2.05) is 6.92 Å². The van der Waals surface area contributed by atoms with Crippen molar-refractivity contribution in [2.24, 2.45) is 0 Å². The highest BCUT2D eigenvalue weighted by molar-refractivity contribution is 7.89. The van der Waals surface area contributed by atoms with Gasteiger partial charge in [-0.2, -0.15) is 5.10 Å². The van der Waals surface area contributed by atoms with Crippen LogP contribution in [0.4, 0.5) is 0 Å². The monoisotopic (exact) mass is 261 g/mol. The number of aromatic amines is 1. The lowest BCUT2D eigenvalue weighted by Gasteiger charge is -2.14. The van der Waals surface area contributed by atoms with Gasteiger partial charge in [-0.15, -0.1) is 0 Å². The first kappa shape index (κ1) is 14.1. The molecule has 0 fully saturated rings. The van der Waals surface area contributed by atoms with Crippen LogP contribution in [-0.2, 0) is 14.8 Å². The molecule has 1 aromatic heterocycles. The minimum absolute atomic E-state index is 0.223. The maximum absolute atomic E-state index is 12.1. The van der Waals surface area contributed by atoms with Gasteiger partial charge in [-0.3, -0.25) is 5.10 Å². The summed E-state index contributed by atoms with van der Waals surface area (Å²) in [5.74, 6) is 0. The summed E-state index contributed by atoms with van der Waals surface area (Å²) >= 11 is 0. The highest BCUT2D eigenvalue weighted by Crippen LogP contribution is 2.16. The van der Waals surface area contributed by atoms with E-state index in [0.717, 1.165) is 0 Å². The van der Waals surface area contributed by atoms with E-state index in [4.69, 9.17) is 4.74 Å². The molecule has 2 N–H and O–H groups in total. The molecule has 0 radical (unpaired) electrons. The molecule has 0 aliphatic rings. The molecule has 17 heavy (non-hydrogen) atoms. The Balaban J connectivity index is 2.83. The highest BCUT2D eigenvalue weighted by atomic mass is 32.2. The van der Waals surface area contributed by atoms with E-state index in [-0.39, 0.29) is 10.9 Å². The number of rotatable bonds is 6. The molecule has 0 aromatic carbocycles. The molecule has 6 nitrogen and oxygen atoms in total. The summed E-state index contributed by atoms with van der Waals surface area (Å²) in [4.78, 5) is 0.223. The van der Waals surface area contributed by atoms with Crippen LogP contribution in [0.3, 0.4) is 0 Å². The Kier molecular flexibility index (Phi) is 4.67. The van der Waals surface area contributed by atoms with Crippen molar-refractivity contribution in [3.8, 4) is 0 Å². The number of H-pyrrole nitrogens is 1. The van der Waals surface area contributed by atoms with Crippen LogP contribution in [0, 0.1) is 13.8 Å². The minimum Gasteiger partial charge on any atom is -0.380 e. The number of hydrogen-bond acceptors (Lipinski definition) is 4. The molecule has 98 valence electrons. The molecule has 0 saturated carbocycles. The molecule has 7 heteroatoms. The van der Waals surface area contributed by atoms with Crippen molar-refractivity contribution in [3.05, 3.63) is 11.4 Å². The fourth-order valence-electron chi connectivity index (χ4n) is 1.59. The summed E-state index contributed by atoms with van der Waals surface area (Å²) in [7, 11) is -3.53. The van der Waals surface area contributed by atoms with Crippen LogP contribution < -0.4 is 4.72 Å². The summed E-state index contributed by atoms with van der Waals surface area (Å²) in [6.07, 6.45) is 0. The van der Waals surface area contributed by atoms with Gasteiger partial charge < -0.3 is 4.74 Å². The number of sulfonamides is 1. The third kappa shape index (κ3) is 3.52. The zero-order chi connectivity index (χ0) is 13.1. The lowest BCUT2D eigenvalue weighted by atomic mass is 10.4. The van der Waals surface area contributed by atoms with Gasteiger partial charge in [0.15, 0.2) is 0 Å². The Labute approximate surface area is 102 Å². The summed E-state index contributed by atoms with van der Waals surface area (Å²) in [6, 6.07) is -0.270. The summed E-state index contributed by atoms with van der Waals surface area (Å²) in [5, 5.41) is 6.54. The van der Waals surface area contributed by atoms with Crippen LogP contribution in [-0.4, -0.2) is 37.9 Å². The van der Waals surface area contributed by atoms with Crippen LogP contribution in [0.15, 0.2) is 4.90 Å². The first-order valence-corrected chi connectivity index (χ1v) is 6.98. The fraction of sp³-hybridized carbons (Fsp3) is 0.700. The standard InChI is InChI=1S/C10H19N3O3S/c1-5-16-6-7(2)13-17(14,15)10-8(3)11-12-9(10)4/h7,13H,5-6H2,1-4H3,(H,11,12). The smallest absolute Gasteiger partial charge is 0.244 e. The molecule has 1 heterocycles. The third-order valence-electron chi connectivity index (χ3n) is 2.26. The molecule has 0 saturated heterocycles. The predicted molar refractivity (Wildman–Crippen MR) is 64.3 cm³/mol. The molecular weight excluding hydrogens is 242 g/mol. The second kappa shape index (κ2) is 5.61. The van der Waals surface area contributed by atoms with Gasteiger partial charge in [0.2, 0.25) is 10.0 Å². The van der Waals surface area contributed by atoms with Gasteiger partial charge in [0.05, 0.1) is 18.0 Å². The van der Waals surface area contributed by atoms with E-state index in [1.54, 1.807) is 20.8 Å². The minimum atomic E-state index is -3.53. The number of nitrogens with zero attached hydrogens (tertiary/aromatic N) is 1. The maximum atomic E-state index is 12.1. The number of ether oxygens (including phenoxy) is 1. The Morgan fingerprint density at radius 1 is 1.47 bits per heavy atom. The summed E-state index contributed by atoms with van der Waals surface area (Å²) < 4.78 is 31.9. The third-order valence-corrected chi connectivity index (χ3v) is 4.11. The SMILES string of the molecule is CCOCC(C)NS(=O)(=O)c1c(C)n[nH]c1C. The molecule has 0 aliphatic carbocycles. The topological polar surface area (TPSA) is 84.1 Å². The first-order chi connectivity index (χ1) is 7.88. The van der Waals surface area contributed by atoms with Crippen LogP contribution in [0.25, 0.3) is 0 Å². The highest BCUT2D eigenvalue weighted by Gasteiger charge is 2.23. The number of aromatic nitrogens is 2. The largest absolute Gasteiger partial charge is 0.380 e. The van der Waals surface area contributed by atoms with Crippen molar-refractivity contribution >= 4 is 10.0 Å². The fourth-order valence-corrected chi connectivity index (χ4v) is 3.19. The first-order valence-electron chi connectivity index (χ1n) is 5.50. The quantitative estimate of drug-likeness (QED) is 0.790. The van der Waals surface area contributed by atoms with E-state index in [0.29, 0.717) is 24.6 Å². The van der Waals surface area contributed by atoms with E-state index in [2.05, 4.69) is 14.9 Å². The Morgan fingerprint density at radius 2 is 2.12 bits per heavy atom. The van der Waals surface area contributed by atoms with Gasteiger partial charge in [-0.05, 0) is 27.7 Å². The molecule has 1 rings (SSSR count). The number of aryl methyl sites for hydroxylation is 2. The number of nitrogens with one attached hydrogen (secondary N) is 2. The van der Waals surface area contributed by atoms with Gasteiger partial charge in [-0.25, -0.2) is 13.1 Å². The molecule has 1 atom stereocenters. The Hall–Kier alpha value is -0.920. The molecule has 0 amide bonds. The van der Waals surface area contributed by atoms with E-state index in [9.17, 15) is 8.42 Å². The molecule has 0 spiro atoms. The Morgan fingerprint density at radius 3 is 2.59 bits per heavy atom. The lowest BCUT2D eigenvalue weighted by Crippen LogP contribution is -2.36. The second-order valence-electron chi connectivity index (χ2n) is 3.94. The van der Waals surface area contributed by atoms with Gasteiger partial charge in [0.1, 0.15) is 4.90 Å². The average molecular weight is 261 g/mol. The van der Waals surface area contributed by atoms with Gasteiger partial charge in [0.25, 0.3) is 0 Å². The van der Waals surface area contributed by atoms with E-state index < -0.39 is 10.0 Å². The Bertz CT molecular complexity index is 448. The molecule has 1 unspecified atom stereocenters. The predicted octanol–water partition coefficient (Wildman–Crippen LogP) is 0.730. The van der Waals surface area contributed by atoms with Crippen molar-refractivity contribution in [1.29, 1.82) is 0 Å². The summed E-state index contributed by atoms with van der Waals surface area (Å²) in [5.41, 5.74) is 1.01. The van der Waals surface area contributed by atoms with Gasteiger partial charge >= 0.3 is 0 Å². The van der Waals surface area contributed by atoms with Crippen LogP contribution in [0.5, 0.6) is 0 Å². The molecular formula is C10H19N3O3S. The van der Waals surface area contributed by atoms with Crippen LogP contribution >= 0.6 is 0 Å². The average Bonchev–Trinajstić information content (AvgIpc) is 2.55. The van der Waals surface area contributed by atoms with Gasteiger partial charge in [-0.1, -0.05) is 0 Å². The zero-order valence-corrected chi connectivity index (χ0v) is 11.4. The van der Waals surface area contributed by atoms with Crippen molar-refractivity contribution in [1.82, 2.24) is 14.9 Å². The van der Waals surface area contributed by atoms with Gasteiger partial charge in [0, 0.05) is 12.6 Å². The van der Waals surface area contributed by atoms with Crippen LogP contribution in [0.1, 0.15) is 25.2 Å². The summed E-state index contributed by atoms with van der Waals surface area (Å²) in [6.45, 7) is 7.89. The van der Waals surface area contributed by atoms with Crippen molar-refractivity contribution in [3.63, 3.8) is 0 Å². The lowest BCUT2D eigenvalue weighted by molar-refractivity contribution is 0.133. The van der Waals surface area contributed by atoms with Crippen molar-refractivity contribution in [2.75, 3.05) is 13.2 Å². The molecule has 0 aliphatic heterocycles. The second-order valence-corrected chi connectivity index (χ2v) is 5.60. The van der Waals surface area contributed by atoms with Crippen LogP contribution in [0.2, 0.25) is 0 Å². The zero-order valence-electron chi connectivity index (χ0n) is 10.6. The molecule has 1 aromatic rings. The van der Waals surface area contributed by atoms with E-state index in [1.165, 1.54) is 0 Å². The van der Waals surface area contributed by atoms with Crippen molar-refractivity contribution < 1.29 is 13.2 Å². The maximum Gasteiger partial charge on any atom is 0.244 e. The normalized spacial score (nSPS) is 13.9. The van der Waals surface area contributed by atoms with E-state index >= 15 is 0 Å².